The van der Waals surface area contributed by atoms with Gasteiger partial charge in [-0.2, -0.15) is 0 Å². The van der Waals surface area contributed by atoms with Gasteiger partial charge in [-0.15, -0.1) is 0 Å². The Hall–Kier alpha value is -1.62. The van der Waals surface area contributed by atoms with E-state index in [2.05, 4.69) is 0 Å². The van der Waals surface area contributed by atoms with Crippen molar-refractivity contribution in [1.29, 1.82) is 0 Å². The Morgan fingerprint density at radius 2 is 2.11 bits per heavy atom. The van der Waals surface area contributed by atoms with Crippen LogP contribution in [-0.2, 0) is 0 Å². The molecule has 0 aliphatic rings. The molecule has 4 nitrogen and oxygen atoms in total. The van der Waals surface area contributed by atoms with E-state index in [1.165, 1.54) is 23.1 Å². The summed E-state index contributed by atoms with van der Waals surface area (Å²) in [7, 11) is 0. The fourth-order valence-electron chi connectivity index (χ4n) is 1.69. The SMILES string of the molecule is CCN(CC(C)(C)O)C(=O)c1cccc(F)c1N. The monoisotopic (exact) mass is 254 g/mol. The number of benzene rings is 1. The number of para-hydroxylation sites is 1. The molecule has 0 aliphatic carbocycles. The second kappa shape index (κ2) is 5.35. The number of likely N-dealkylation sites (N-methyl/N-ethyl adjacent to an activating group) is 1. The molecule has 0 unspecified atom stereocenters. The molecular formula is C13H19FN2O2. The molecule has 0 heterocycles. The van der Waals surface area contributed by atoms with E-state index < -0.39 is 11.4 Å². The third-order valence-electron chi connectivity index (χ3n) is 2.53. The number of hydrogen-bond donors (Lipinski definition) is 2. The normalized spacial score (nSPS) is 11.4. The van der Waals surface area contributed by atoms with E-state index in [9.17, 15) is 14.3 Å². The quantitative estimate of drug-likeness (QED) is 0.803. The first-order valence-corrected chi connectivity index (χ1v) is 5.82. The summed E-state index contributed by atoms with van der Waals surface area (Å²) >= 11 is 0. The summed E-state index contributed by atoms with van der Waals surface area (Å²) in [6.45, 7) is 5.59. The highest BCUT2D eigenvalue weighted by Gasteiger charge is 2.24. The number of rotatable bonds is 4. The van der Waals surface area contributed by atoms with Gasteiger partial charge in [-0.3, -0.25) is 4.79 Å². The molecular weight excluding hydrogens is 235 g/mol. The van der Waals surface area contributed by atoms with Gasteiger partial charge < -0.3 is 15.7 Å². The number of carbonyl (C=O) groups excluding carboxylic acids is 1. The van der Waals surface area contributed by atoms with E-state index in [1.54, 1.807) is 20.8 Å². The molecule has 5 heteroatoms. The maximum atomic E-state index is 13.3. The molecule has 0 atom stereocenters. The Balaban J connectivity index is 3.01. The van der Waals surface area contributed by atoms with Crippen LogP contribution in [0, 0.1) is 5.82 Å². The number of halogens is 1. The lowest BCUT2D eigenvalue weighted by atomic mass is 10.1. The minimum atomic E-state index is -1.01. The first-order valence-electron chi connectivity index (χ1n) is 5.82. The van der Waals surface area contributed by atoms with Gasteiger partial charge in [0.15, 0.2) is 0 Å². The summed E-state index contributed by atoms with van der Waals surface area (Å²) in [5.41, 5.74) is 4.52. The van der Waals surface area contributed by atoms with E-state index in [-0.39, 0.29) is 23.7 Å². The van der Waals surface area contributed by atoms with Crippen LogP contribution >= 0.6 is 0 Å². The van der Waals surface area contributed by atoms with Gasteiger partial charge in [-0.25, -0.2) is 4.39 Å². The van der Waals surface area contributed by atoms with Crippen molar-refractivity contribution < 1.29 is 14.3 Å². The van der Waals surface area contributed by atoms with E-state index >= 15 is 0 Å². The van der Waals surface area contributed by atoms with Crippen molar-refractivity contribution in [3.63, 3.8) is 0 Å². The minimum absolute atomic E-state index is 0.126. The Bertz CT molecular complexity index is 441. The predicted molar refractivity (Wildman–Crippen MR) is 68.7 cm³/mol. The second-order valence-electron chi connectivity index (χ2n) is 4.83. The molecule has 1 aromatic carbocycles. The van der Waals surface area contributed by atoms with E-state index in [0.717, 1.165) is 0 Å². The van der Waals surface area contributed by atoms with Crippen molar-refractivity contribution in [2.75, 3.05) is 18.8 Å². The lowest BCUT2D eigenvalue weighted by Gasteiger charge is -2.28. The first kappa shape index (κ1) is 14.4. The smallest absolute Gasteiger partial charge is 0.256 e. The molecule has 0 spiro atoms. The molecule has 0 aliphatic heterocycles. The molecule has 0 radical (unpaired) electrons. The van der Waals surface area contributed by atoms with Crippen LogP contribution in [0.4, 0.5) is 10.1 Å². The van der Waals surface area contributed by atoms with E-state index in [1.807, 2.05) is 0 Å². The van der Waals surface area contributed by atoms with Crippen molar-refractivity contribution in [3.05, 3.63) is 29.6 Å². The second-order valence-corrected chi connectivity index (χ2v) is 4.83. The molecule has 18 heavy (non-hydrogen) atoms. The van der Waals surface area contributed by atoms with Crippen molar-refractivity contribution in [2.24, 2.45) is 0 Å². The van der Waals surface area contributed by atoms with Gasteiger partial charge in [0, 0.05) is 13.1 Å². The molecule has 0 saturated carbocycles. The number of aliphatic hydroxyl groups is 1. The number of amides is 1. The van der Waals surface area contributed by atoms with Gasteiger partial charge >= 0.3 is 0 Å². The molecule has 0 fully saturated rings. The lowest BCUT2D eigenvalue weighted by molar-refractivity contribution is 0.0315. The van der Waals surface area contributed by atoms with Crippen molar-refractivity contribution in [3.8, 4) is 0 Å². The van der Waals surface area contributed by atoms with Crippen LogP contribution in [0.25, 0.3) is 0 Å². The van der Waals surface area contributed by atoms with Gasteiger partial charge in [-0.05, 0) is 32.9 Å². The summed E-state index contributed by atoms with van der Waals surface area (Å²) < 4.78 is 13.3. The topological polar surface area (TPSA) is 66.6 Å². The van der Waals surface area contributed by atoms with Crippen molar-refractivity contribution >= 4 is 11.6 Å². The van der Waals surface area contributed by atoms with Crippen LogP contribution in [0.3, 0.4) is 0 Å². The Morgan fingerprint density at radius 1 is 1.50 bits per heavy atom. The van der Waals surface area contributed by atoms with E-state index in [4.69, 9.17) is 5.73 Å². The number of anilines is 1. The third kappa shape index (κ3) is 3.43. The summed E-state index contributed by atoms with van der Waals surface area (Å²) in [6.07, 6.45) is 0. The first-order chi connectivity index (χ1) is 8.26. The zero-order chi connectivity index (χ0) is 13.9. The zero-order valence-electron chi connectivity index (χ0n) is 10.9. The molecule has 0 saturated heterocycles. The number of nitrogens with zero attached hydrogens (tertiary/aromatic N) is 1. The van der Waals surface area contributed by atoms with Gasteiger partial charge in [0.25, 0.3) is 5.91 Å². The summed E-state index contributed by atoms with van der Waals surface area (Å²) in [5, 5.41) is 9.74. The molecule has 1 aromatic rings. The largest absolute Gasteiger partial charge is 0.396 e. The zero-order valence-corrected chi connectivity index (χ0v) is 10.9. The maximum Gasteiger partial charge on any atom is 0.256 e. The molecule has 1 rings (SSSR count). The number of nitrogen functional groups attached to an aromatic ring is 1. The minimum Gasteiger partial charge on any atom is -0.396 e. The van der Waals surface area contributed by atoms with Crippen LogP contribution in [0.5, 0.6) is 0 Å². The number of nitrogens with two attached hydrogens (primary N) is 1. The Kier molecular flexibility index (Phi) is 4.29. The molecule has 100 valence electrons. The van der Waals surface area contributed by atoms with Gasteiger partial charge in [0.2, 0.25) is 0 Å². The number of carbonyl (C=O) groups is 1. The highest BCUT2D eigenvalue weighted by atomic mass is 19.1. The van der Waals surface area contributed by atoms with Crippen molar-refractivity contribution in [2.45, 2.75) is 26.4 Å². The molecule has 0 bridgehead atoms. The van der Waals surface area contributed by atoms with Gasteiger partial charge in [-0.1, -0.05) is 6.07 Å². The Labute approximate surface area is 106 Å². The standard InChI is InChI=1S/C13H19FN2O2/c1-4-16(8-13(2,3)18)12(17)9-6-5-7-10(14)11(9)15/h5-7,18H,4,8,15H2,1-3H3. The fraction of sp³-hybridized carbons (Fsp3) is 0.462. The predicted octanol–water partition coefficient (Wildman–Crippen LogP) is 1.64. The summed E-state index contributed by atoms with van der Waals surface area (Å²) in [4.78, 5) is 13.6. The van der Waals surface area contributed by atoms with Crippen LogP contribution in [0.15, 0.2) is 18.2 Å². The lowest BCUT2D eigenvalue weighted by Crippen LogP contribution is -2.42. The summed E-state index contributed by atoms with van der Waals surface area (Å²) in [6, 6.07) is 4.13. The highest BCUT2D eigenvalue weighted by Crippen LogP contribution is 2.18. The average Bonchev–Trinajstić information content (AvgIpc) is 2.27. The van der Waals surface area contributed by atoms with Gasteiger partial charge in [0.1, 0.15) is 5.82 Å². The highest BCUT2D eigenvalue weighted by molar-refractivity contribution is 5.99. The van der Waals surface area contributed by atoms with Crippen molar-refractivity contribution in [1.82, 2.24) is 4.90 Å². The van der Waals surface area contributed by atoms with Crippen LogP contribution in [0.2, 0.25) is 0 Å². The molecule has 1 amide bonds. The Morgan fingerprint density at radius 3 is 2.61 bits per heavy atom. The van der Waals surface area contributed by atoms with E-state index in [0.29, 0.717) is 6.54 Å². The van der Waals surface area contributed by atoms with Crippen LogP contribution < -0.4 is 5.73 Å². The molecule has 0 aromatic heterocycles. The maximum absolute atomic E-state index is 13.3. The summed E-state index contributed by atoms with van der Waals surface area (Å²) in [5.74, 6) is -0.989. The van der Waals surface area contributed by atoms with Crippen LogP contribution in [0.1, 0.15) is 31.1 Å². The van der Waals surface area contributed by atoms with Gasteiger partial charge in [0.05, 0.1) is 16.9 Å². The average molecular weight is 254 g/mol. The third-order valence-corrected chi connectivity index (χ3v) is 2.53. The number of hydrogen-bond acceptors (Lipinski definition) is 3. The molecule has 3 N–H and O–H groups in total. The fourth-order valence-corrected chi connectivity index (χ4v) is 1.69. The van der Waals surface area contributed by atoms with Crippen LogP contribution in [-0.4, -0.2) is 34.6 Å².